The van der Waals surface area contributed by atoms with Crippen molar-refractivity contribution in [2.45, 2.75) is 60.4 Å². The molecule has 0 aliphatic rings. The fraction of sp³-hybridized carbons (Fsp3) is 0.273. The van der Waals surface area contributed by atoms with E-state index in [1.165, 1.54) is 66.5 Å². The Morgan fingerprint density at radius 3 is 1.46 bits per heavy atom. The van der Waals surface area contributed by atoms with Gasteiger partial charge in [-0.05, 0) is 26.7 Å². The molecule has 5 aromatic carbocycles. The summed E-state index contributed by atoms with van der Waals surface area (Å²) in [6.45, 7) is 13.1. The molecule has 0 unspecified atom stereocenters. The van der Waals surface area contributed by atoms with E-state index in [1.807, 2.05) is 0 Å². The van der Waals surface area contributed by atoms with Crippen LogP contribution in [0.15, 0.2) is 78.9 Å². The summed E-state index contributed by atoms with van der Waals surface area (Å²) < 4.78 is 0. The van der Waals surface area contributed by atoms with Gasteiger partial charge in [0.25, 0.3) is 0 Å². The van der Waals surface area contributed by atoms with Gasteiger partial charge in [-0.1, -0.05) is 62.1 Å². The number of aryl methyl sites for hydroxylation is 6. The van der Waals surface area contributed by atoms with Crippen molar-refractivity contribution in [1.82, 2.24) is 0 Å². The van der Waals surface area contributed by atoms with Crippen LogP contribution in [-0.2, 0) is 42.2 Å². The van der Waals surface area contributed by atoms with Crippen LogP contribution in [0.4, 0.5) is 0 Å². The molecule has 0 amide bonds. The van der Waals surface area contributed by atoms with Gasteiger partial charge >= 0.3 is 71.4 Å². The number of halogens is 2. The summed E-state index contributed by atoms with van der Waals surface area (Å²) in [6, 6.07) is 30.3. The predicted molar refractivity (Wildman–Crippen MR) is 154 cm³/mol. The SMILES string of the molecule is CCc1cc(C)cc2[cH-]c(C)cc12.CCc1cc(C)cc2[cH-]c(C)cc12.[Cl-].[Cl-].[Zr+2]=[SiH]Cc1ccccc1. The zero-order valence-electron chi connectivity index (χ0n) is 23.0. The van der Waals surface area contributed by atoms with Gasteiger partial charge in [-0.15, -0.1) is 56.9 Å². The van der Waals surface area contributed by atoms with E-state index in [0.29, 0.717) is 6.16 Å². The van der Waals surface area contributed by atoms with E-state index >= 15 is 0 Å². The molecule has 0 nitrogen and oxygen atoms in total. The molecule has 0 aliphatic carbocycles. The van der Waals surface area contributed by atoms with Gasteiger partial charge in [-0.25, -0.2) is 0 Å². The van der Waals surface area contributed by atoms with Gasteiger partial charge in [0.15, 0.2) is 0 Å². The van der Waals surface area contributed by atoms with Crippen molar-refractivity contribution in [3.05, 3.63) is 118 Å². The molecule has 194 valence electrons. The molecule has 0 atom stereocenters. The number of rotatable bonds is 4. The molecule has 0 saturated carbocycles. The number of fused-ring (bicyclic) bond motifs is 2. The molecule has 5 aromatic rings. The predicted octanol–water partition coefficient (Wildman–Crippen LogP) is 2.57. The molecule has 0 aromatic heterocycles. The van der Waals surface area contributed by atoms with E-state index in [0.717, 1.165) is 12.8 Å². The Bertz CT molecular complexity index is 1310. The van der Waals surface area contributed by atoms with Crippen molar-refractivity contribution in [1.29, 1.82) is 0 Å². The first-order valence-corrected chi connectivity index (χ1v) is 18.4. The first-order chi connectivity index (χ1) is 16.8. The molecular weight excluding hydrogens is 587 g/mol. The quantitative estimate of drug-likeness (QED) is 0.213. The van der Waals surface area contributed by atoms with E-state index in [-0.39, 0.29) is 24.8 Å². The zero-order valence-corrected chi connectivity index (χ0v) is 28.1. The third-order valence-electron chi connectivity index (χ3n) is 6.34. The van der Waals surface area contributed by atoms with Gasteiger partial charge in [-0.3, -0.25) is 0 Å². The van der Waals surface area contributed by atoms with Crippen LogP contribution in [0.1, 0.15) is 52.8 Å². The van der Waals surface area contributed by atoms with Gasteiger partial charge in [0, 0.05) is 0 Å². The van der Waals surface area contributed by atoms with Crippen LogP contribution in [0.2, 0.25) is 0 Å². The van der Waals surface area contributed by atoms with Crippen LogP contribution in [0, 0.1) is 27.7 Å². The molecule has 0 heterocycles. The van der Waals surface area contributed by atoms with Crippen molar-refractivity contribution >= 4 is 27.7 Å². The summed E-state index contributed by atoms with van der Waals surface area (Å²) in [5.74, 6) is 0. The molecule has 0 aliphatic heterocycles. The first kappa shape index (κ1) is 33.6. The molecule has 0 saturated heterocycles. The second-order valence-corrected chi connectivity index (χ2v) is 13.3. The van der Waals surface area contributed by atoms with Crippen LogP contribution in [0.5, 0.6) is 0 Å². The van der Waals surface area contributed by atoms with Gasteiger partial charge < -0.3 is 24.8 Å². The summed E-state index contributed by atoms with van der Waals surface area (Å²) in [7, 11) is 0. The molecule has 0 fully saturated rings. The number of benzene rings is 3. The second-order valence-electron chi connectivity index (χ2n) is 9.52. The minimum absolute atomic E-state index is 0. The summed E-state index contributed by atoms with van der Waals surface area (Å²) in [5, 5.41) is 5.67. The van der Waals surface area contributed by atoms with Crippen molar-refractivity contribution in [2.75, 3.05) is 0 Å². The molecule has 0 bridgehead atoms. The van der Waals surface area contributed by atoms with Gasteiger partial charge in [0.2, 0.25) is 0 Å². The van der Waals surface area contributed by atoms with Gasteiger partial charge in [0.1, 0.15) is 0 Å². The molecule has 4 heteroatoms. The molecule has 0 N–H and O–H groups in total. The average Bonchev–Trinajstić information content (AvgIpc) is 3.40. The maximum absolute atomic E-state index is 2.29. The normalized spacial score (nSPS) is 9.95. The fourth-order valence-corrected chi connectivity index (χ4v) is 6.99. The molecule has 0 spiro atoms. The van der Waals surface area contributed by atoms with Crippen LogP contribution < -0.4 is 24.8 Å². The Kier molecular flexibility index (Phi) is 15.0. The Labute approximate surface area is 252 Å². The summed E-state index contributed by atoms with van der Waals surface area (Å²) >= 11 is 1.72. The van der Waals surface area contributed by atoms with Crippen LogP contribution in [-0.4, -0.2) is 6.16 Å². The number of hydrogen-bond acceptors (Lipinski definition) is 0. The fourth-order valence-electron chi connectivity index (χ4n) is 4.74. The minimum atomic E-state index is 0. The number of hydrogen-bond donors (Lipinski definition) is 0. The van der Waals surface area contributed by atoms with E-state index in [1.54, 1.807) is 23.3 Å². The molecule has 0 radical (unpaired) electrons. The van der Waals surface area contributed by atoms with Crippen LogP contribution in [0.25, 0.3) is 21.5 Å². The second kappa shape index (κ2) is 16.5. The van der Waals surface area contributed by atoms with E-state index in [4.69, 9.17) is 0 Å². The average molecular weight is 625 g/mol. The molecular formula is C33H38Cl2SiZr-2. The van der Waals surface area contributed by atoms with E-state index in [9.17, 15) is 0 Å². The van der Waals surface area contributed by atoms with E-state index < -0.39 is 0 Å². The van der Waals surface area contributed by atoms with E-state index in [2.05, 4.69) is 120 Å². The summed E-state index contributed by atoms with van der Waals surface area (Å²) in [4.78, 5) is 0. The monoisotopic (exact) mass is 622 g/mol. The van der Waals surface area contributed by atoms with Crippen molar-refractivity contribution in [2.24, 2.45) is 0 Å². The molecule has 5 rings (SSSR count). The summed E-state index contributed by atoms with van der Waals surface area (Å²) in [6.07, 6.45) is 2.97. The van der Waals surface area contributed by atoms with Crippen molar-refractivity contribution in [3.8, 4) is 0 Å². The topological polar surface area (TPSA) is 0 Å². The van der Waals surface area contributed by atoms with Crippen molar-refractivity contribution in [3.63, 3.8) is 0 Å². The Hall–Kier alpha value is -1.44. The van der Waals surface area contributed by atoms with Crippen LogP contribution in [0.3, 0.4) is 0 Å². The Balaban J connectivity index is 0.000000275. The summed E-state index contributed by atoms with van der Waals surface area (Å²) in [5.41, 5.74) is 9.94. The van der Waals surface area contributed by atoms with Crippen LogP contribution >= 0.6 is 0 Å². The molecule has 37 heavy (non-hydrogen) atoms. The Morgan fingerprint density at radius 1 is 0.649 bits per heavy atom. The third-order valence-corrected chi connectivity index (χ3v) is 8.52. The van der Waals surface area contributed by atoms with Crippen molar-refractivity contribution < 1.29 is 48.1 Å². The zero-order chi connectivity index (χ0) is 25.4. The Morgan fingerprint density at radius 2 is 1.08 bits per heavy atom. The first-order valence-electron chi connectivity index (χ1n) is 12.7. The van der Waals surface area contributed by atoms with Gasteiger partial charge in [-0.2, -0.15) is 12.1 Å². The maximum atomic E-state index is 2.29. The standard InChI is InChI=1S/2C13H15.C7H8Si.2ClH.Zr/c2*1-4-11-5-9(2)6-12-7-10(3)8-13(11)12;8-6-7-4-2-1-3-5-7;;;/h2*5-8H,4H2,1-3H3;1-5,8H,6H2;2*1H;/q2*-1;;;;+2/p-2. The third kappa shape index (κ3) is 9.67. The van der Waals surface area contributed by atoms with Gasteiger partial charge in [0.05, 0.1) is 0 Å².